The highest BCUT2D eigenvalue weighted by molar-refractivity contribution is 9.09. The van der Waals surface area contributed by atoms with Crippen molar-refractivity contribution in [1.29, 1.82) is 0 Å². The molecular weight excluding hydrogens is 286 g/mol. The standard InChI is InChI=1S/C12H12BrNO3/c1-12(2)9(7-13)5-8-6-10(14(15)16)3-4-11(8)17-12/h3-6H,7H2,1-2H3. The van der Waals surface area contributed by atoms with Crippen molar-refractivity contribution >= 4 is 27.7 Å². The van der Waals surface area contributed by atoms with Crippen LogP contribution in [0.4, 0.5) is 5.69 Å². The summed E-state index contributed by atoms with van der Waals surface area (Å²) in [5, 5.41) is 11.4. The first-order valence-corrected chi connectivity index (χ1v) is 6.30. The smallest absolute Gasteiger partial charge is 0.270 e. The minimum absolute atomic E-state index is 0.0808. The number of nitro benzene ring substituents is 1. The number of benzene rings is 1. The fraction of sp³-hybridized carbons (Fsp3) is 0.333. The van der Waals surface area contributed by atoms with Crippen molar-refractivity contribution in [2.45, 2.75) is 19.4 Å². The minimum Gasteiger partial charge on any atom is -0.483 e. The Kier molecular flexibility index (Phi) is 2.95. The van der Waals surface area contributed by atoms with Crippen LogP contribution in [0.2, 0.25) is 0 Å². The maximum atomic E-state index is 10.7. The average molecular weight is 298 g/mol. The molecule has 1 aromatic carbocycles. The molecule has 0 bridgehead atoms. The second kappa shape index (κ2) is 4.14. The van der Waals surface area contributed by atoms with E-state index in [9.17, 15) is 10.1 Å². The molecule has 0 aromatic heterocycles. The molecule has 1 aliphatic rings. The highest BCUT2D eigenvalue weighted by atomic mass is 79.9. The zero-order valence-electron chi connectivity index (χ0n) is 9.57. The van der Waals surface area contributed by atoms with E-state index in [0.717, 1.165) is 11.1 Å². The van der Waals surface area contributed by atoms with Crippen molar-refractivity contribution in [3.63, 3.8) is 0 Å². The average Bonchev–Trinajstić information content (AvgIpc) is 2.26. The molecule has 0 unspecified atom stereocenters. The van der Waals surface area contributed by atoms with Gasteiger partial charge in [0.1, 0.15) is 11.4 Å². The number of alkyl halides is 1. The van der Waals surface area contributed by atoms with E-state index in [4.69, 9.17) is 4.74 Å². The van der Waals surface area contributed by atoms with E-state index in [-0.39, 0.29) is 11.3 Å². The molecular formula is C12H12BrNO3. The molecule has 0 amide bonds. The van der Waals surface area contributed by atoms with Crippen molar-refractivity contribution in [1.82, 2.24) is 0 Å². The molecule has 5 heteroatoms. The van der Waals surface area contributed by atoms with Gasteiger partial charge in [-0.25, -0.2) is 0 Å². The van der Waals surface area contributed by atoms with Crippen LogP contribution in [0.25, 0.3) is 6.08 Å². The summed E-state index contributed by atoms with van der Waals surface area (Å²) < 4.78 is 5.84. The summed E-state index contributed by atoms with van der Waals surface area (Å²) in [6, 6.07) is 4.64. The number of non-ortho nitro benzene ring substituents is 1. The summed E-state index contributed by atoms with van der Waals surface area (Å²) in [4.78, 5) is 10.3. The number of rotatable bonds is 2. The highest BCUT2D eigenvalue weighted by Crippen LogP contribution is 2.37. The summed E-state index contributed by atoms with van der Waals surface area (Å²) in [6.45, 7) is 3.95. The molecule has 1 aliphatic heterocycles. The van der Waals surface area contributed by atoms with Crippen LogP contribution in [0.3, 0.4) is 0 Å². The van der Waals surface area contributed by atoms with Crippen molar-refractivity contribution in [3.05, 3.63) is 39.4 Å². The number of hydrogen-bond acceptors (Lipinski definition) is 3. The monoisotopic (exact) mass is 297 g/mol. The first kappa shape index (κ1) is 12.1. The van der Waals surface area contributed by atoms with E-state index in [2.05, 4.69) is 15.9 Å². The molecule has 2 rings (SSSR count). The van der Waals surface area contributed by atoms with Gasteiger partial charge in [-0.3, -0.25) is 10.1 Å². The van der Waals surface area contributed by atoms with Crippen LogP contribution < -0.4 is 4.74 Å². The molecule has 0 atom stereocenters. The predicted molar refractivity (Wildman–Crippen MR) is 69.6 cm³/mol. The van der Waals surface area contributed by atoms with Crippen LogP contribution in [0.15, 0.2) is 23.8 Å². The quantitative estimate of drug-likeness (QED) is 0.476. The van der Waals surface area contributed by atoms with Gasteiger partial charge < -0.3 is 4.74 Å². The Morgan fingerprint density at radius 2 is 2.18 bits per heavy atom. The molecule has 1 aromatic rings. The van der Waals surface area contributed by atoms with E-state index < -0.39 is 4.92 Å². The lowest BCUT2D eigenvalue weighted by Crippen LogP contribution is -2.33. The van der Waals surface area contributed by atoms with E-state index >= 15 is 0 Å². The maximum absolute atomic E-state index is 10.7. The molecule has 0 saturated carbocycles. The third kappa shape index (κ3) is 2.20. The van der Waals surface area contributed by atoms with Crippen LogP contribution in [0.5, 0.6) is 5.75 Å². The summed E-state index contributed by atoms with van der Waals surface area (Å²) >= 11 is 3.40. The number of fused-ring (bicyclic) bond motifs is 1. The van der Waals surface area contributed by atoms with E-state index in [1.807, 2.05) is 19.9 Å². The van der Waals surface area contributed by atoms with Crippen LogP contribution in [0, 0.1) is 10.1 Å². The largest absolute Gasteiger partial charge is 0.483 e. The molecule has 0 spiro atoms. The van der Waals surface area contributed by atoms with E-state index in [0.29, 0.717) is 11.1 Å². The van der Waals surface area contributed by atoms with Crippen molar-refractivity contribution in [2.24, 2.45) is 0 Å². The van der Waals surface area contributed by atoms with Gasteiger partial charge in [-0.1, -0.05) is 15.9 Å². The lowest BCUT2D eigenvalue weighted by molar-refractivity contribution is -0.384. The highest BCUT2D eigenvalue weighted by Gasteiger charge is 2.30. The van der Waals surface area contributed by atoms with E-state index in [1.54, 1.807) is 6.07 Å². The molecule has 17 heavy (non-hydrogen) atoms. The third-order valence-electron chi connectivity index (χ3n) is 2.82. The Balaban J connectivity index is 2.51. The van der Waals surface area contributed by atoms with Gasteiger partial charge in [0.05, 0.1) is 4.92 Å². The molecule has 0 saturated heterocycles. The van der Waals surface area contributed by atoms with Crippen LogP contribution in [-0.4, -0.2) is 15.9 Å². The summed E-state index contributed by atoms with van der Waals surface area (Å²) in [7, 11) is 0. The molecule has 90 valence electrons. The Morgan fingerprint density at radius 1 is 1.47 bits per heavy atom. The molecule has 0 aliphatic carbocycles. The first-order chi connectivity index (χ1) is 7.94. The van der Waals surface area contributed by atoms with E-state index in [1.165, 1.54) is 12.1 Å². The Morgan fingerprint density at radius 3 is 2.76 bits per heavy atom. The van der Waals surface area contributed by atoms with Crippen molar-refractivity contribution < 1.29 is 9.66 Å². The summed E-state index contributed by atoms with van der Waals surface area (Å²) in [5.41, 5.74) is 1.52. The number of ether oxygens (including phenoxy) is 1. The van der Waals surface area contributed by atoms with Gasteiger partial charge in [-0.2, -0.15) is 0 Å². The second-order valence-corrected chi connectivity index (χ2v) is 4.96. The zero-order chi connectivity index (χ0) is 12.6. The summed E-state index contributed by atoms with van der Waals surface area (Å²) in [5.74, 6) is 0.685. The lowest BCUT2D eigenvalue weighted by atomic mass is 9.93. The maximum Gasteiger partial charge on any atom is 0.270 e. The molecule has 0 radical (unpaired) electrons. The SMILES string of the molecule is CC1(C)Oc2ccc([N+](=O)[O-])cc2C=C1CBr. The fourth-order valence-corrected chi connectivity index (χ4v) is 2.59. The summed E-state index contributed by atoms with van der Waals surface area (Å²) in [6.07, 6.45) is 1.95. The van der Waals surface area contributed by atoms with Gasteiger partial charge in [0.25, 0.3) is 5.69 Å². The Labute approximate surface area is 108 Å². The molecule has 0 fully saturated rings. The Bertz CT molecular complexity index is 508. The lowest BCUT2D eigenvalue weighted by Gasteiger charge is -2.33. The van der Waals surface area contributed by atoms with Crippen molar-refractivity contribution in [2.75, 3.05) is 5.33 Å². The van der Waals surface area contributed by atoms with Crippen molar-refractivity contribution in [3.8, 4) is 5.75 Å². The fourth-order valence-electron chi connectivity index (χ4n) is 1.76. The van der Waals surface area contributed by atoms with Crippen LogP contribution >= 0.6 is 15.9 Å². The molecule has 1 heterocycles. The van der Waals surface area contributed by atoms with Gasteiger partial charge in [0.2, 0.25) is 0 Å². The first-order valence-electron chi connectivity index (χ1n) is 5.18. The van der Waals surface area contributed by atoms with Crippen LogP contribution in [-0.2, 0) is 0 Å². The predicted octanol–water partition coefficient (Wildman–Crippen LogP) is 3.54. The van der Waals surface area contributed by atoms with Gasteiger partial charge in [-0.15, -0.1) is 0 Å². The third-order valence-corrected chi connectivity index (χ3v) is 3.42. The Hall–Kier alpha value is -1.36. The number of nitro groups is 1. The van der Waals surface area contributed by atoms with Gasteiger partial charge in [0, 0.05) is 23.0 Å². The van der Waals surface area contributed by atoms with Gasteiger partial charge >= 0.3 is 0 Å². The molecule has 4 nitrogen and oxygen atoms in total. The van der Waals surface area contributed by atoms with Gasteiger partial charge in [0.15, 0.2) is 0 Å². The topological polar surface area (TPSA) is 52.4 Å². The van der Waals surface area contributed by atoms with Crippen LogP contribution in [0.1, 0.15) is 19.4 Å². The second-order valence-electron chi connectivity index (χ2n) is 4.39. The number of hydrogen-bond donors (Lipinski definition) is 0. The number of nitrogens with zero attached hydrogens (tertiary/aromatic N) is 1. The normalized spacial score (nSPS) is 16.8. The number of halogens is 1. The minimum atomic E-state index is -0.401. The molecule has 0 N–H and O–H groups in total. The van der Waals surface area contributed by atoms with Gasteiger partial charge in [-0.05, 0) is 31.6 Å². The zero-order valence-corrected chi connectivity index (χ0v) is 11.2.